The maximum atomic E-state index is 11.1. The minimum atomic E-state index is -0.667. The molecule has 14 heteroatoms. The summed E-state index contributed by atoms with van der Waals surface area (Å²) in [5.41, 5.74) is 1.31. The molecule has 1 fully saturated rings. The summed E-state index contributed by atoms with van der Waals surface area (Å²) in [6.07, 6.45) is 2.53. The van der Waals surface area contributed by atoms with E-state index < -0.39 is 20.8 Å². The predicted octanol–water partition coefficient (Wildman–Crippen LogP) is 4.60. The van der Waals surface area contributed by atoms with Crippen LogP contribution in [0.4, 0.5) is 16.2 Å². The molecule has 0 spiro atoms. The van der Waals surface area contributed by atoms with Crippen molar-refractivity contribution in [3.8, 4) is 0 Å². The van der Waals surface area contributed by atoms with Crippen LogP contribution in [0, 0.1) is 0 Å². The maximum absolute atomic E-state index is 11.1. The Morgan fingerprint density at radius 3 is 2.76 bits per heavy atom. The molecule has 0 bridgehead atoms. The Morgan fingerprint density at radius 1 is 1.27 bits per heavy atom. The standard InChI is InChI=1S/C14H13N3O3S.C5H10N2S4.Zn/c1-19-14(18)17-13(21)16-12-7-3-2-6-11(12)15-9-10-5-4-8-20-10;1-3(7-5(10)11)2-6-4(8)9;/h2-9H,1H3,(H2,16,17,18,21);3H,2H2,1H3,(H2,6,8,9)(H2,7,10,11);/q;;+2/p-2/b15-9+;;. The van der Waals surface area contributed by atoms with Gasteiger partial charge in [0.15, 0.2) is 5.11 Å². The summed E-state index contributed by atoms with van der Waals surface area (Å²) < 4.78 is 11.5. The molecule has 33 heavy (non-hydrogen) atoms. The van der Waals surface area contributed by atoms with E-state index in [0.29, 0.717) is 23.2 Å². The summed E-state index contributed by atoms with van der Waals surface area (Å²) in [5, 5.41) is 11.8. The fraction of sp³-hybridized carbons (Fsp3) is 0.211. The molecule has 2 heterocycles. The summed E-state index contributed by atoms with van der Waals surface area (Å²) in [7, 11) is 4.89. The van der Waals surface area contributed by atoms with Gasteiger partial charge >= 0.3 is 104 Å². The molecule has 8 nitrogen and oxygen atoms in total. The van der Waals surface area contributed by atoms with Crippen molar-refractivity contribution in [3.05, 3.63) is 48.4 Å². The average Bonchev–Trinajstić information content (AvgIpc) is 3.32. The number of alkyl carbamates (subject to hydrolysis) is 1. The number of thiocarbonyl (C=S) groups is 3. The molecule has 1 atom stereocenters. The Labute approximate surface area is 222 Å². The van der Waals surface area contributed by atoms with Crippen LogP contribution in [0.5, 0.6) is 0 Å². The Bertz CT molecular complexity index is 990. The van der Waals surface area contributed by atoms with Gasteiger partial charge in [-0.15, -0.1) is 0 Å². The molecule has 1 unspecified atom stereocenters. The molecular formula is C19H21N5O3S5Zn. The second-order valence-corrected chi connectivity index (χ2v) is 18.4. The zero-order valence-corrected chi connectivity index (χ0v) is 24.9. The largest absolute Gasteiger partial charge is 0.463 e. The van der Waals surface area contributed by atoms with E-state index in [1.54, 1.807) is 30.7 Å². The summed E-state index contributed by atoms with van der Waals surface area (Å²) in [4.78, 5) is 15.4. The molecule has 1 aliphatic heterocycles. The maximum Gasteiger partial charge on any atom is 0.413 e. The summed E-state index contributed by atoms with van der Waals surface area (Å²) in [6, 6.07) is 11.2. The fourth-order valence-corrected chi connectivity index (χ4v) is 15.1. The Hall–Kier alpha value is -1.57. The number of amides is 1. The minimum Gasteiger partial charge on any atom is -0.463 e. The number of hydrogen-bond acceptors (Lipinski definition) is 9. The van der Waals surface area contributed by atoms with E-state index in [1.165, 1.54) is 7.11 Å². The van der Waals surface area contributed by atoms with Gasteiger partial charge in [0.2, 0.25) is 0 Å². The van der Waals surface area contributed by atoms with Crippen molar-refractivity contribution < 1.29 is 28.6 Å². The van der Waals surface area contributed by atoms with E-state index in [9.17, 15) is 4.79 Å². The van der Waals surface area contributed by atoms with Crippen molar-refractivity contribution in [1.29, 1.82) is 0 Å². The summed E-state index contributed by atoms with van der Waals surface area (Å²) >= 11 is 14.6. The molecule has 1 aromatic heterocycles. The Balaban J connectivity index is 0.000000273. The molecule has 0 radical (unpaired) electrons. The predicted molar refractivity (Wildman–Crippen MR) is 145 cm³/mol. The third-order valence-electron chi connectivity index (χ3n) is 3.72. The molecule has 1 amide bonds. The van der Waals surface area contributed by atoms with Gasteiger partial charge in [0.1, 0.15) is 5.76 Å². The third-order valence-corrected chi connectivity index (χ3v) is 17.3. The van der Waals surface area contributed by atoms with Crippen molar-refractivity contribution in [1.82, 2.24) is 16.0 Å². The molecule has 3 rings (SSSR count). The molecular weight excluding hydrogens is 572 g/mol. The van der Waals surface area contributed by atoms with Gasteiger partial charge in [-0.3, -0.25) is 10.3 Å². The second kappa shape index (κ2) is 15.4. The van der Waals surface area contributed by atoms with E-state index in [-0.39, 0.29) is 5.11 Å². The van der Waals surface area contributed by atoms with Crippen LogP contribution in [0.25, 0.3) is 0 Å². The van der Waals surface area contributed by atoms with E-state index in [4.69, 9.17) is 41.1 Å². The van der Waals surface area contributed by atoms with Crippen molar-refractivity contribution in [2.45, 2.75) is 13.0 Å². The van der Waals surface area contributed by atoms with Gasteiger partial charge in [-0.25, -0.2) is 4.79 Å². The number of rotatable bonds is 3. The molecule has 2 aromatic rings. The molecule has 1 saturated heterocycles. The van der Waals surface area contributed by atoms with Crippen LogP contribution in [0.2, 0.25) is 0 Å². The van der Waals surface area contributed by atoms with Crippen LogP contribution in [0.15, 0.2) is 52.1 Å². The number of para-hydroxylation sites is 2. The van der Waals surface area contributed by atoms with E-state index in [0.717, 1.165) is 15.2 Å². The zero-order chi connectivity index (χ0) is 24.1. The Morgan fingerprint density at radius 2 is 2.03 bits per heavy atom. The number of nitrogens with one attached hydrogen (secondary N) is 4. The van der Waals surface area contributed by atoms with E-state index in [1.807, 2.05) is 37.7 Å². The van der Waals surface area contributed by atoms with Gasteiger partial charge in [0.25, 0.3) is 0 Å². The number of anilines is 1. The third kappa shape index (κ3) is 11.4. The molecule has 172 valence electrons. The number of nitrogens with zero attached hydrogens (tertiary/aromatic N) is 1. The molecule has 0 saturated carbocycles. The molecule has 1 aliphatic rings. The van der Waals surface area contributed by atoms with Crippen LogP contribution in [0.1, 0.15) is 12.7 Å². The minimum absolute atomic E-state index is 0.127. The van der Waals surface area contributed by atoms with Crippen molar-refractivity contribution in [2.24, 2.45) is 4.99 Å². The first-order valence-corrected chi connectivity index (χ1v) is 20.0. The van der Waals surface area contributed by atoms with Crippen LogP contribution >= 0.6 is 56.2 Å². The normalized spacial score (nSPS) is 15.6. The quantitative estimate of drug-likeness (QED) is 0.229. The number of furan rings is 1. The number of ether oxygens (including phenoxy) is 1. The Kier molecular flexibility index (Phi) is 12.9. The number of hydrogen-bond donors (Lipinski definition) is 4. The van der Waals surface area contributed by atoms with Gasteiger partial charge in [0, 0.05) is 0 Å². The van der Waals surface area contributed by atoms with E-state index in [2.05, 4.69) is 37.9 Å². The SMILES string of the molecule is CC1CNC(=S)[S][Zn][S]C(=S)N1.COC(=O)NC(=S)Nc1ccccc1/N=C/c1ccco1. The monoisotopic (exact) mass is 591 g/mol. The van der Waals surface area contributed by atoms with E-state index >= 15 is 0 Å². The number of benzene rings is 1. The van der Waals surface area contributed by atoms with Gasteiger partial charge in [-0.2, -0.15) is 0 Å². The van der Waals surface area contributed by atoms with Crippen LogP contribution in [0.3, 0.4) is 0 Å². The van der Waals surface area contributed by atoms with Crippen molar-refractivity contribution in [3.63, 3.8) is 0 Å². The van der Waals surface area contributed by atoms with Crippen LogP contribution in [-0.2, 0) is 19.4 Å². The zero-order valence-electron chi connectivity index (χ0n) is 17.8. The molecule has 4 N–H and O–H groups in total. The summed E-state index contributed by atoms with van der Waals surface area (Å²) in [6.45, 7) is 2.97. The number of methoxy groups -OCH3 is 1. The van der Waals surface area contributed by atoms with Gasteiger partial charge < -0.3 is 14.5 Å². The number of carbonyl (C=O) groups is 1. The average molecular weight is 593 g/mol. The van der Waals surface area contributed by atoms with Crippen LogP contribution < -0.4 is 21.3 Å². The van der Waals surface area contributed by atoms with Crippen molar-refractivity contribution >= 4 is 93.6 Å². The second-order valence-electron chi connectivity index (χ2n) is 6.27. The molecule has 0 aliphatic carbocycles. The number of carbonyl (C=O) groups excluding carboxylic acids is 1. The molecule has 1 aromatic carbocycles. The summed E-state index contributed by atoms with van der Waals surface area (Å²) in [5.74, 6) is 0.639. The van der Waals surface area contributed by atoms with Gasteiger partial charge in [-0.05, 0) is 36.5 Å². The first-order valence-electron chi connectivity index (χ1n) is 9.54. The smallest absolute Gasteiger partial charge is 0.413 e. The first-order chi connectivity index (χ1) is 15.9. The van der Waals surface area contributed by atoms with Gasteiger partial charge in [0.05, 0.1) is 31.0 Å². The topological polar surface area (TPSA) is 99.9 Å². The van der Waals surface area contributed by atoms with Gasteiger partial charge in [-0.1, -0.05) is 12.1 Å². The fourth-order valence-electron chi connectivity index (χ4n) is 2.20. The number of aliphatic imine (C=N–C) groups is 1. The van der Waals surface area contributed by atoms with Crippen molar-refractivity contribution in [2.75, 3.05) is 19.0 Å². The van der Waals surface area contributed by atoms with Crippen LogP contribution in [-0.4, -0.2) is 45.8 Å². The first kappa shape index (κ1) is 27.7.